The highest BCUT2D eigenvalue weighted by molar-refractivity contribution is 5.19. The van der Waals surface area contributed by atoms with Crippen LogP contribution in [-0.4, -0.2) is 30.1 Å². The fourth-order valence-corrected chi connectivity index (χ4v) is 3.70. The summed E-state index contributed by atoms with van der Waals surface area (Å²) >= 11 is 0. The first-order valence-corrected chi connectivity index (χ1v) is 7.40. The van der Waals surface area contributed by atoms with Gasteiger partial charge in [0, 0.05) is 31.2 Å². The number of benzene rings is 1. The molecule has 1 saturated carbocycles. The summed E-state index contributed by atoms with van der Waals surface area (Å²) in [5.41, 5.74) is 1.46. The Morgan fingerprint density at radius 2 is 1.94 bits per heavy atom. The highest BCUT2D eigenvalue weighted by Crippen LogP contribution is 2.31. The van der Waals surface area contributed by atoms with Crippen molar-refractivity contribution in [2.45, 2.75) is 50.7 Å². The van der Waals surface area contributed by atoms with Crippen molar-refractivity contribution < 1.29 is 0 Å². The van der Waals surface area contributed by atoms with Crippen molar-refractivity contribution >= 4 is 0 Å². The fourth-order valence-electron chi connectivity index (χ4n) is 3.70. The van der Waals surface area contributed by atoms with Crippen LogP contribution in [0.4, 0.5) is 0 Å². The molecule has 1 saturated heterocycles. The summed E-state index contributed by atoms with van der Waals surface area (Å²) in [6, 6.07) is 13.0. The van der Waals surface area contributed by atoms with Crippen molar-refractivity contribution in [2.75, 3.05) is 13.1 Å². The van der Waals surface area contributed by atoms with Gasteiger partial charge in [-0.05, 0) is 25.3 Å². The van der Waals surface area contributed by atoms with Crippen molar-refractivity contribution in [3.63, 3.8) is 0 Å². The third-order valence-electron chi connectivity index (χ3n) is 4.71. The van der Waals surface area contributed by atoms with E-state index in [0.717, 1.165) is 18.6 Å². The summed E-state index contributed by atoms with van der Waals surface area (Å²) in [5.74, 6) is 0. The molecule has 1 N–H and O–H groups in total. The number of hydrogen-bond donors (Lipinski definition) is 1. The van der Waals surface area contributed by atoms with Gasteiger partial charge in [-0.25, -0.2) is 0 Å². The van der Waals surface area contributed by atoms with Gasteiger partial charge in [-0.15, -0.1) is 0 Å². The van der Waals surface area contributed by atoms with Gasteiger partial charge in [0.25, 0.3) is 0 Å². The molecule has 1 aliphatic carbocycles. The van der Waals surface area contributed by atoms with Crippen molar-refractivity contribution in [2.24, 2.45) is 0 Å². The molecule has 1 heterocycles. The standard InChI is InChI=1S/C16H24N2/c1-13(14-7-3-2-4-8-14)18-12-11-17-15-9-5-6-10-16(15)18/h2-4,7-8,13,15-17H,5-6,9-12H2,1H3. The number of piperazine rings is 1. The minimum Gasteiger partial charge on any atom is -0.311 e. The van der Waals surface area contributed by atoms with E-state index in [-0.39, 0.29) is 0 Å². The van der Waals surface area contributed by atoms with Crippen LogP contribution >= 0.6 is 0 Å². The maximum Gasteiger partial charge on any atom is 0.0324 e. The average molecular weight is 244 g/mol. The zero-order valence-electron chi connectivity index (χ0n) is 11.3. The minimum atomic E-state index is 0.555. The van der Waals surface area contributed by atoms with Gasteiger partial charge in [-0.3, -0.25) is 4.90 Å². The van der Waals surface area contributed by atoms with Crippen molar-refractivity contribution in [1.82, 2.24) is 10.2 Å². The molecule has 0 aromatic heterocycles. The van der Waals surface area contributed by atoms with Gasteiger partial charge in [0.05, 0.1) is 0 Å². The van der Waals surface area contributed by atoms with E-state index in [4.69, 9.17) is 0 Å². The molecular formula is C16H24N2. The second-order valence-corrected chi connectivity index (χ2v) is 5.74. The zero-order valence-corrected chi connectivity index (χ0v) is 11.3. The van der Waals surface area contributed by atoms with Crippen LogP contribution in [-0.2, 0) is 0 Å². The smallest absolute Gasteiger partial charge is 0.0324 e. The van der Waals surface area contributed by atoms with Gasteiger partial charge >= 0.3 is 0 Å². The Morgan fingerprint density at radius 1 is 1.17 bits per heavy atom. The van der Waals surface area contributed by atoms with Crippen LogP contribution < -0.4 is 5.32 Å². The van der Waals surface area contributed by atoms with Crippen molar-refractivity contribution in [3.05, 3.63) is 35.9 Å². The first kappa shape index (κ1) is 12.2. The quantitative estimate of drug-likeness (QED) is 0.860. The monoisotopic (exact) mass is 244 g/mol. The summed E-state index contributed by atoms with van der Waals surface area (Å²) in [6.07, 6.45) is 5.54. The number of fused-ring (bicyclic) bond motifs is 1. The summed E-state index contributed by atoms with van der Waals surface area (Å²) in [6.45, 7) is 4.71. The second-order valence-electron chi connectivity index (χ2n) is 5.74. The van der Waals surface area contributed by atoms with Crippen LogP contribution in [0.2, 0.25) is 0 Å². The van der Waals surface area contributed by atoms with Gasteiger partial charge in [0.2, 0.25) is 0 Å². The summed E-state index contributed by atoms with van der Waals surface area (Å²) in [4.78, 5) is 2.73. The van der Waals surface area contributed by atoms with E-state index >= 15 is 0 Å². The molecule has 18 heavy (non-hydrogen) atoms. The lowest BCUT2D eigenvalue weighted by atomic mass is 9.86. The van der Waals surface area contributed by atoms with Crippen LogP contribution in [0.25, 0.3) is 0 Å². The summed E-state index contributed by atoms with van der Waals surface area (Å²) in [7, 11) is 0. The van der Waals surface area contributed by atoms with Crippen LogP contribution in [0, 0.1) is 0 Å². The first-order valence-electron chi connectivity index (χ1n) is 7.40. The molecule has 1 aromatic carbocycles. The minimum absolute atomic E-state index is 0.555. The predicted molar refractivity (Wildman–Crippen MR) is 75.6 cm³/mol. The van der Waals surface area contributed by atoms with Gasteiger partial charge in [-0.2, -0.15) is 0 Å². The molecule has 2 aliphatic rings. The molecule has 1 aromatic rings. The Kier molecular flexibility index (Phi) is 3.67. The van der Waals surface area contributed by atoms with E-state index in [9.17, 15) is 0 Å². The Balaban J connectivity index is 1.77. The van der Waals surface area contributed by atoms with Crippen LogP contribution in [0.1, 0.15) is 44.2 Å². The van der Waals surface area contributed by atoms with Crippen LogP contribution in [0.15, 0.2) is 30.3 Å². The van der Waals surface area contributed by atoms with E-state index in [1.807, 2.05) is 0 Å². The maximum absolute atomic E-state index is 3.72. The number of nitrogens with zero attached hydrogens (tertiary/aromatic N) is 1. The third kappa shape index (κ3) is 2.32. The highest BCUT2D eigenvalue weighted by Gasteiger charge is 2.35. The van der Waals surface area contributed by atoms with E-state index in [0.29, 0.717) is 6.04 Å². The Hall–Kier alpha value is -0.860. The van der Waals surface area contributed by atoms with Crippen molar-refractivity contribution in [3.8, 4) is 0 Å². The number of hydrogen-bond acceptors (Lipinski definition) is 2. The van der Waals surface area contributed by atoms with E-state index in [1.165, 1.54) is 37.8 Å². The van der Waals surface area contributed by atoms with Gasteiger partial charge < -0.3 is 5.32 Å². The second kappa shape index (κ2) is 5.41. The molecule has 0 amide bonds. The lowest BCUT2D eigenvalue weighted by molar-refractivity contribution is 0.0550. The van der Waals surface area contributed by atoms with Gasteiger partial charge in [0.1, 0.15) is 0 Å². The van der Waals surface area contributed by atoms with Gasteiger partial charge in [0.15, 0.2) is 0 Å². The molecule has 2 nitrogen and oxygen atoms in total. The Bertz CT molecular complexity index is 374. The first-order chi connectivity index (χ1) is 8.86. The molecule has 3 unspecified atom stereocenters. The molecule has 3 atom stereocenters. The van der Waals surface area contributed by atoms with Crippen molar-refractivity contribution in [1.29, 1.82) is 0 Å². The van der Waals surface area contributed by atoms with Crippen LogP contribution in [0.5, 0.6) is 0 Å². The molecular weight excluding hydrogens is 220 g/mol. The predicted octanol–water partition coefficient (Wildman–Crippen LogP) is 2.96. The SMILES string of the molecule is CC(c1ccccc1)N1CCNC2CCCCC21. The highest BCUT2D eigenvalue weighted by atomic mass is 15.3. The largest absolute Gasteiger partial charge is 0.311 e. The lowest BCUT2D eigenvalue weighted by Crippen LogP contribution is -2.59. The lowest BCUT2D eigenvalue weighted by Gasteiger charge is -2.47. The average Bonchev–Trinajstić information content (AvgIpc) is 2.47. The molecule has 2 fully saturated rings. The Labute approximate surface area is 110 Å². The zero-order chi connectivity index (χ0) is 12.4. The molecule has 3 rings (SSSR count). The maximum atomic E-state index is 3.72. The van der Waals surface area contributed by atoms with E-state index in [1.54, 1.807) is 0 Å². The number of rotatable bonds is 2. The van der Waals surface area contributed by atoms with Gasteiger partial charge in [-0.1, -0.05) is 43.2 Å². The van der Waals surface area contributed by atoms with Crippen LogP contribution in [0.3, 0.4) is 0 Å². The Morgan fingerprint density at radius 3 is 2.78 bits per heavy atom. The molecule has 2 heteroatoms. The topological polar surface area (TPSA) is 15.3 Å². The molecule has 0 spiro atoms. The third-order valence-corrected chi connectivity index (χ3v) is 4.71. The molecule has 0 radical (unpaired) electrons. The normalized spacial score (nSPS) is 30.7. The molecule has 1 aliphatic heterocycles. The summed E-state index contributed by atoms with van der Waals surface area (Å²) < 4.78 is 0. The van der Waals surface area contributed by atoms with E-state index in [2.05, 4.69) is 47.5 Å². The molecule has 98 valence electrons. The summed E-state index contributed by atoms with van der Waals surface area (Å²) in [5, 5.41) is 3.72. The van der Waals surface area contributed by atoms with E-state index < -0.39 is 0 Å². The fraction of sp³-hybridized carbons (Fsp3) is 0.625. The number of nitrogens with one attached hydrogen (secondary N) is 1. The molecule has 0 bridgehead atoms.